The Morgan fingerprint density at radius 1 is 1.15 bits per heavy atom. The summed E-state index contributed by atoms with van der Waals surface area (Å²) in [5.74, 6) is 0.0369. The van der Waals surface area contributed by atoms with Gasteiger partial charge in [-0.2, -0.15) is 0 Å². The predicted octanol–water partition coefficient (Wildman–Crippen LogP) is 3.76. The summed E-state index contributed by atoms with van der Waals surface area (Å²) in [5.41, 5.74) is 3.23. The quantitative estimate of drug-likeness (QED) is 0.850. The fourth-order valence-electron chi connectivity index (χ4n) is 3.03. The van der Waals surface area contributed by atoms with Crippen molar-refractivity contribution in [3.8, 4) is 0 Å². The number of amides is 1. The Hall–Kier alpha value is -1.92. The molecule has 0 aliphatic carbocycles. The average molecular weight is 387 g/mol. The Morgan fingerprint density at radius 2 is 1.81 bits per heavy atom. The SMILES string of the molecule is CN1CCN(c2ccc(NC(=O)CCc3nc(C(C)(C)C)cs3)cc2)CC1. The summed E-state index contributed by atoms with van der Waals surface area (Å²) in [7, 11) is 2.16. The average Bonchev–Trinajstić information content (AvgIpc) is 3.11. The predicted molar refractivity (Wildman–Crippen MR) is 114 cm³/mol. The first-order chi connectivity index (χ1) is 12.8. The highest BCUT2D eigenvalue weighted by molar-refractivity contribution is 7.09. The molecule has 0 radical (unpaired) electrons. The number of hydrogen-bond donors (Lipinski definition) is 1. The molecular formula is C21H30N4OS. The number of carbonyl (C=O) groups is 1. The maximum atomic E-state index is 12.3. The highest BCUT2D eigenvalue weighted by Gasteiger charge is 2.18. The first-order valence-electron chi connectivity index (χ1n) is 9.59. The first kappa shape index (κ1) is 19.8. The summed E-state index contributed by atoms with van der Waals surface area (Å²) in [5, 5.41) is 6.13. The molecule has 146 valence electrons. The molecule has 1 aliphatic heterocycles. The van der Waals surface area contributed by atoms with Crippen LogP contribution >= 0.6 is 11.3 Å². The molecule has 0 bridgehead atoms. The van der Waals surface area contributed by atoms with Crippen LogP contribution < -0.4 is 10.2 Å². The number of nitrogens with zero attached hydrogens (tertiary/aromatic N) is 3. The zero-order valence-electron chi connectivity index (χ0n) is 16.8. The lowest BCUT2D eigenvalue weighted by molar-refractivity contribution is -0.116. The lowest BCUT2D eigenvalue weighted by Gasteiger charge is -2.34. The zero-order chi connectivity index (χ0) is 19.4. The Labute approximate surface area is 166 Å². The molecule has 1 fully saturated rings. The van der Waals surface area contributed by atoms with Crippen LogP contribution in [0.1, 0.15) is 37.9 Å². The minimum absolute atomic E-state index is 0.0369. The Balaban J connectivity index is 1.48. The van der Waals surface area contributed by atoms with Gasteiger partial charge >= 0.3 is 0 Å². The van der Waals surface area contributed by atoms with E-state index in [-0.39, 0.29) is 11.3 Å². The number of anilines is 2. The molecule has 1 amide bonds. The van der Waals surface area contributed by atoms with E-state index >= 15 is 0 Å². The van der Waals surface area contributed by atoms with Gasteiger partial charge in [-0.1, -0.05) is 20.8 Å². The van der Waals surface area contributed by atoms with Gasteiger partial charge in [0.25, 0.3) is 0 Å². The van der Waals surface area contributed by atoms with E-state index in [1.165, 1.54) is 5.69 Å². The Kier molecular flexibility index (Phi) is 6.17. The Morgan fingerprint density at radius 3 is 2.41 bits per heavy atom. The number of aryl methyl sites for hydroxylation is 1. The number of benzene rings is 1. The molecule has 27 heavy (non-hydrogen) atoms. The van der Waals surface area contributed by atoms with Gasteiger partial charge in [0.2, 0.25) is 5.91 Å². The molecule has 6 heteroatoms. The summed E-state index contributed by atoms with van der Waals surface area (Å²) < 4.78 is 0. The summed E-state index contributed by atoms with van der Waals surface area (Å²) in [6, 6.07) is 8.17. The normalized spacial score (nSPS) is 15.8. The van der Waals surface area contributed by atoms with Crippen molar-refractivity contribution in [1.29, 1.82) is 0 Å². The number of hydrogen-bond acceptors (Lipinski definition) is 5. The van der Waals surface area contributed by atoms with Crippen molar-refractivity contribution < 1.29 is 4.79 Å². The maximum Gasteiger partial charge on any atom is 0.224 e. The zero-order valence-corrected chi connectivity index (χ0v) is 17.6. The summed E-state index contributed by atoms with van der Waals surface area (Å²) >= 11 is 1.64. The third kappa shape index (κ3) is 5.53. The van der Waals surface area contributed by atoms with Crippen molar-refractivity contribution in [1.82, 2.24) is 9.88 Å². The van der Waals surface area contributed by atoms with Crippen LogP contribution in [-0.4, -0.2) is 49.0 Å². The van der Waals surface area contributed by atoms with Gasteiger partial charge in [-0.3, -0.25) is 4.79 Å². The van der Waals surface area contributed by atoms with Crippen LogP contribution in [0.3, 0.4) is 0 Å². The third-order valence-electron chi connectivity index (χ3n) is 4.91. The molecule has 0 saturated carbocycles. The van der Waals surface area contributed by atoms with Gasteiger partial charge in [-0.25, -0.2) is 4.98 Å². The molecule has 0 unspecified atom stereocenters. The lowest BCUT2D eigenvalue weighted by Crippen LogP contribution is -2.44. The van der Waals surface area contributed by atoms with Gasteiger partial charge in [-0.15, -0.1) is 11.3 Å². The molecule has 1 aromatic heterocycles. The fourth-order valence-corrected chi connectivity index (χ4v) is 4.06. The second-order valence-corrected chi connectivity index (χ2v) is 9.20. The number of nitrogens with one attached hydrogen (secondary N) is 1. The summed E-state index contributed by atoms with van der Waals surface area (Å²) in [6.07, 6.45) is 1.14. The number of thiazole rings is 1. The molecule has 1 aromatic carbocycles. The standard InChI is InChI=1S/C21H30N4OS/c1-21(2,3)18-15-27-20(23-18)10-9-19(26)22-16-5-7-17(8-6-16)25-13-11-24(4)12-14-25/h5-8,15H,9-14H2,1-4H3,(H,22,26). The van der Waals surface area contributed by atoms with E-state index < -0.39 is 0 Å². The topological polar surface area (TPSA) is 48.5 Å². The van der Waals surface area contributed by atoms with E-state index in [4.69, 9.17) is 0 Å². The van der Waals surface area contributed by atoms with E-state index in [0.29, 0.717) is 12.8 Å². The Bertz CT molecular complexity index is 755. The summed E-state index contributed by atoms with van der Waals surface area (Å²) in [6.45, 7) is 10.7. The van der Waals surface area contributed by atoms with Crippen molar-refractivity contribution in [2.24, 2.45) is 0 Å². The number of likely N-dealkylation sites (N-methyl/N-ethyl adjacent to an activating group) is 1. The molecule has 1 saturated heterocycles. The van der Waals surface area contributed by atoms with Gasteiger partial charge in [0.1, 0.15) is 0 Å². The van der Waals surface area contributed by atoms with Crippen LogP contribution in [-0.2, 0) is 16.6 Å². The molecule has 2 heterocycles. The van der Waals surface area contributed by atoms with Gasteiger partial charge < -0.3 is 15.1 Å². The van der Waals surface area contributed by atoms with Crippen molar-refractivity contribution >= 4 is 28.6 Å². The second kappa shape index (κ2) is 8.40. The molecule has 5 nitrogen and oxygen atoms in total. The van der Waals surface area contributed by atoms with Gasteiger partial charge in [-0.05, 0) is 31.3 Å². The van der Waals surface area contributed by atoms with E-state index in [1.807, 2.05) is 12.1 Å². The number of carbonyl (C=O) groups excluding carboxylic acids is 1. The van der Waals surface area contributed by atoms with Crippen molar-refractivity contribution in [3.05, 3.63) is 40.3 Å². The van der Waals surface area contributed by atoms with Crippen LogP contribution in [0.4, 0.5) is 11.4 Å². The van der Waals surface area contributed by atoms with E-state index in [0.717, 1.165) is 42.6 Å². The van der Waals surface area contributed by atoms with Crippen LogP contribution in [0.2, 0.25) is 0 Å². The number of rotatable bonds is 5. The van der Waals surface area contributed by atoms with Gasteiger partial charge in [0.15, 0.2) is 0 Å². The van der Waals surface area contributed by atoms with Crippen molar-refractivity contribution in [3.63, 3.8) is 0 Å². The second-order valence-electron chi connectivity index (χ2n) is 8.26. The fraction of sp³-hybridized carbons (Fsp3) is 0.524. The van der Waals surface area contributed by atoms with Crippen LogP contribution in [0.15, 0.2) is 29.6 Å². The van der Waals surface area contributed by atoms with Crippen LogP contribution in [0, 0.1) is 0 Å². The third-order valence-corrected chi connectivity index (χ3v) is 5.81. The minimum Gasteiger partial charge on any atom is -0.369 e. The molecule has 0 atom stereocenters. The molecule has 3 rings (SSSR count). The van der Waals surface area contributed by atoms with Crippen LogP contribution in [0.5, 0.6) is 0 Å². The first-order valence-corrected chi connectivity index (χ1v) is 10.5. The molecule has 1 N–H and O–H groups in total. The molecule has 0 spiro atoms. The highest BCUT2D eigenvalue weighted by atomic mass is 32.1. The maximum absolute atomic E-state index is 12.3. The number of piperazine rings is 1. The van der Waals surface area contributed by atoms with Gasteiger partial charge in [0, 0.05) is 61.2 Å². The van der Waals surface area contributed by atoms with Crippen molar-refractivity contribution in [2.45, 2.75) is 39.0 Å². The van der Waals surface area contributed by atoms with E-state index in [2.05, 4.69) is 65.4 Å². The summed E-state index contributed by atoms with van der Waals surface area (Å²) in [4.78, 5) is 21.7. The highest BCUT2D eigenvalue weighted by Crippen LogP contribution is 2.24. The van der Waals surface area contributed by atoms with E-state index in [9.17, 15) is 4.79 Å². The monoisotopic (exact) mass is 386 g/mol. The molecule has 1 aliphatic rings. The largest absolute Gasteiger partial charge is 0.369 e. The van der Waals surface area contributed by atoms with Gasteiger partial charge in [0.05, 0.1) is 10.7 Å². The van der Waals surface area contributed by atoms with E-state index in [1.54, 1.807) is 11.3 Å². The smallest absolute Gasteiger partial charge is 0.224 e. The minimum atomic E-state index is 0.0369. The molecule has 2 aromatic rings. The van der Waals surface area contributed by atoms with Crippen molar-refractivity contribution in [2.75, 3.05) is 43.4 Å². The lowest BCUT2D eigenvalue weighted by atomic mass is 9.93. The molecular weight excluding hydrogens is 356 g/mol. The van der Waals surface area contributed by atoms with Crippen LogP contribution in [0.25, 0.3) is 0 Å². The number of aromatic nitrogens is 1.